The highest BCUT2D eigenvalue weighted by Gasteiger charge is 2.32. The summed E-state index contributed by atoms with van der Waals surface area (Å²) in [4.78, 5) is 2.84. The Morgan fingerprint density at radius 3 is 2.26 bits per heavy atom. The van der Waals surface area contributed by atoms with Crippen molar-refractivity contribution < 1.29 is 0 Å². The van der Waals surface area contributed by atoms with Crippen molar-refractivity contribution >= 4 is 0 Å². The number of nitrogens with zero attached hydrogens (tertiary/aromatic N) is 1. The molecule has 0 spiro atoms. The molecule has 19 heavy (non-hydrogen) atoms. The molecule has 2 aliphatic rings. The molecule has 112 valence electrons. The van der Waals surface area contributed by atoms with Crippen molar-refractivity contribution in [3.63, 3.8) is 0 Å². The van der Waals surface area contributed by atoms with E-state index in [4.69, 9.17) is 5.73 Å². The van der Waals surface area contributed by atoms with Gasteiger partial charge in [0.15, 0.2) is 0 Å². The fourth-order valence-corrected chi connectivity index (χ4v) is 3.99. The standard InChI is InChI=1S/C17H34N2/c1-14(2)12-13-19(15-8-6-7-9-15)17-11-5-3-4-10-16(17)18/h14-17H,3-13,18H2,1-2H3. The van der Waals surface area contributed by atoms with Gasteiger partial charge in [-0.1, -0.05) is 46.0 Å². The Kier molecular flexibility index (Phi) is 6.15. The minimum absolute atomic E-state index is 0.426. The zero-order chi connectivity index (χ0) is 13.7. The number of hydrogen-bond acceptors (Lipinski definition) is 2. The van der Waals surface area contributed by atoms with Gasteiger partial charge in [0.1, 0.15) is 0 Å². The maximum Gasteiger partial charge on any atom is 0.0250 e. The van der Waals surface area contributed by atoms with Crippen LogP contribution in [0.2, 0.25) is 0 Å². The predicted molar refractivity (Wildman–Crippen MR) is 83.3 cm³/mol. The first-order chi connectivity index (χ1) is 9.18. The van der Waals surface area contributed by atoms with Gasteiger partial charge in [-0.25, -0.2) is 0 Å². The van der Waals surface area contributed by atoms with Crippen LogP contribution in [0.3, 0.4) is 0 Å². The largest absolute Gasteiger partial charge is 0.326 e. The molecular weight excluding hydrogens is 232 g/mol. The topological polar surface area (TPSA) is 29.3 Å². The highest BCUT2D eigenvalue weighted by molar-refractivity contribution is 4.90. The molecule has 2 saturated carbocycles. The molecule has 2 rings (SSSR count). The highest BCUT2D eigenvalue weighted by Crippen LogP contribution is 2.30. The van der Waals surface area contributed by atoms with E-state index in [9.17, 15) is 0 Å². The highest BCUT2D eigenvalue weighted by atomic mass is 15.2. The molecule has 0 radical (unpaired) electrons. The lowest BCUT2D eigenvalue weighted by atomic mass is 9.98. The van der Waals surface area contributed by atoms with Crippen LogP contribution >= 0.6 is 0 Å². The summed E-state index contributed by atoms with van der Waals surface area (Å²) in [7, 11) is 0. The third-order valence-corrected chi connectivity index (χ3v) is 5.22. The summed E-state index contributed by atoms with van der Waals surface area (Å²) in [5, 5.41) is 0. The van der Waals surface area contributed by atoms with Gasteiger partial charge in [-0.15, -0.1) is 0 Å². The second-order valence-corrected chi connectivity index (χ2v) is 7.23. The van der Waals surface area contributed by atoms with E-state index in [-0.39, 0.29) is 0 Å². The lowest BCUT2D eigenvalue weighted by molar-refractivity contribution is 0.104. The van der Waals surface area contributed by atoms with Crippen LogP contribution in [-0.2, 0) is 0 Å². The van der Waals surface area contributed by atoms with Crippen molar-refractivity contribution in [3.05, 3.63) is 0 Å². The molecule has 0 heterocycles. The monoisotopic (exact) mass is 266 g/mol. The van der Waals surface area contributed by atoms with Crippen LogP contribution in [0.15, 0.2) is 0 Å². The number of nitrogens with two attached hydrogens (primary N) is 1. The molecule has 2 atom stereocenters. The molecule has 2 heteroatoms. The normalized spacial score (nSPS) is 30.2. The Bertz CT molecular complexity index is 246. The molecule has 0 aromatic rings. The van der Waals surface area contributed by atoms with Gasteiger partial charge in [0.05, 0.1) is 0 Å². The smallest absolute Gasteiger partial charge is 0.0250 e. The summed E-state index contributed by atoms with van der Waals surface area (Å²) in [5.41, 5.74) is 6.51. The van der Waals surface area contributed by atoms with E-state index in [2.05, 4.69) is 18.7 Å². The van der Waals surface area contributed by atoms with Gasteiger partial charge in [-0.3, -0.25) is 4.90 Å². The maximum atomic E-state index is 6.51. The van der Waals surface area contributed by atoms with Crippen LogP contribution in [-0.4, -0.2) is 29.6 Å². The quantitative estimate of drug-likeness (QED) is 0.764. The van der Waals surface area contributed by atoms with Crippen molar-refractivity contribution in [2.45, 2.75) is 96.2 Å². The third-order valence-electron chi connectivity index (χ3n) is 5.22. The summed E-state index contributed by atoms with van der Waals surface area (Å²) < 4.78 is 0. The van der Waals surface area contributed by atoms with E-state index in [1.54, 1.807) is 0 Å². The summed E-state index contributed by atoms with van der Waals surface area (Å²) in [6.45, 7) is 5.97. The van der Waals surface area contributed by atoms with E-state index < -0.39 is 0 Å². The van der Waals surface area contributed by atoms with Crippen LogP contribution in [0.4, 0.5) is 0 Å². The Balaban J connectivity index is 2.00. The van der Waals surface area contributed by atoms with Crippen molar-refractivity contribution in [1.82, 2.24) is 4.90 Å². The van der Waals surface area contributed by atoms with Gasteiger partial charge in [-0.05, 0) is 44.6 Å². The average Bonchev–Trinajstić information content (AvgIpc) is 2.81. The zero-order valence-corrected chi connectivity index (χ0v) is 13.1. The lowest BCUT2D eigenvalue weighted by Crippen LogP contribution is -2.51. The zero-order valence-electron chi connectivity index (χ0n) is 13.1. The summed E-state index contributed by atoms with van der Waals surface area (Å²) in [6, 6.07) is 1.94. The van der Waals surface area contributed by atoms with Crippen molar-refractivity contribution in [2.75, 3.05) is 6.54 Å². The number of hydrogen-bond donors (Lipinski definition) is 1. The molecule has 0 aromatic heterocycles. The first-order valence-corrected chi connectivity index (χ1v) is 8.70. The van der Waals surface area contributed by atoms with Gasteiger partial charge in [0.25, 0.3) is 0 Å². The van der Waals surface area contributed by atoms with Gasteiger partial charge in [0, 0.05) is 18.1 Å². The number of rotatable bonds is 5. The maximum absolute atomic E-state index is 6.51. The summed E-state index contributed by atoms with van der Waals surface area (Å²) in [6.07, 6.45) is 13.8. The van der Waals surface area contributed by atoms with Gasteiger partial charge < -0.3 is 5.73 Å². The second-order valence-electron chi connectivity index (χ2n) is 7.23. The van der Waals surface area contributed by atoms with Gasteiger partial charge in [0.2, 0.25) is 0 Å². The molecule has 2 fully saturated rings. The van der Waals surface area contributed by atoms with Crippen LogP contribution in [0.25, 0.3) is 0 Å². The molecule has 2 unspecified atom stereocenters. The minimum atomic E-state index is 0.426. The first kappa shape index (κ1) is 15.3. The lowest BCUT2D eigenvalue weighted by Gasteiger charge is -2.39. The van der Waals surface area contributed by atoms with Crippen molar-refractivity contribution in [3.8, 4) is 0 Å². The average molecular weight is 266 g/mol. The third kappa shape index (κ3) is 4.46. The molecule has 2 N–H and O–H groups in total. The molecule has 0 saturated heterocycles. The SMILES string of the molecule is CC(C)CCN(C1CCCC1)C1CCCCCC1N. The van der Waals surface area contributed by atoms with E-state index in [0.717, 1.165) is 12.0 Å². The van der Waals surface area contributed by atoms with E-state index in [1.165, 1.54) is 70.8 Å². The minimum Gasteiger partial charge on any atom is -0.326 e. The van der Waals surface area contributed by atoms with E-state index in [0.29, 0.717) is 12.1 Å². The van der Waals surface area contributed by atoms with Crippen molar-refractivity contribution in [2.24, 2.45) is 11.7 Å². The Hall–Kier alpha value is -0.0800. The fraction of sp³-hybridized carbons (Fsp3) is 1.00. The van der Waals surface area contributed by atoms with E-state index in [1.807, 2.05) is 0 Å². The molecule has 0 amide bonds. The molecular formula is C17H34N2. The molecule has 0 bridgehead atoms. The van der Waals surface area contributed by atoms with Gasteiger partial charge >= 0.3 is 0 Å². The van der Waals surface area contributed by atoms with Crippen molar-refractivity contribution in [1.29, 1.82) is 0 Å². The Labute approximate surface area is 120 Å². The van der Waals surface area contributed by atoms with Crippen LogP contribution in [0.5, 0.6) is 0 Å². The summed E-state index contributed by atoms with van der Waals surface area (Å²) >= 11 is 0. The molecule has 0 aromatic carbocycles. The molecule has 2 nitrogen and oxygen atoms in total. The Morgan fingerprint density at radius 2 is 1.58 bits per heavy atom. The van der Waals surface area contributed by atoms with Gasteiger partial charge in [-0.2, -0.15) is 0 Å². The summed E-state index contributed by atoms with van der Waals surface area (Å²) in [5.74, 6) is 0.811. The molecule has 2 aliphatic carbocycles. The van der Waals surface area contributed by atoms with Crippen LogP contribution < -0.4 is 5.73 Å². The molecule has 0 aliphatic heterocycles. The predicted octanol–water partition coefficient (Wildman–Crippen LogP) is 3.94. The van der Waals surface area contributed by atoms with Crippen LogP contribution in [0, 0.1) is 5.92 Å². The van der Waals surface area contributed by atoms with E-state index >= 15 is 0 Å². The Morgan fingerprint density at radius 1 is 0.947 bits per heavy atom. The second kappa shape index (κ2) is 7.64. The van der Waals surface area contributed by atoms with Crippen LogP contribution in [0.1, 0.15) is 78.1 Å². The first-order valence-electron chi connectivity index (χ1n) is 8.70. The fourth-order valence-electron chi connectivity index (χ4n) is 3.99.